The zero-order chi connectivity index (χ0) is 19.9. The van der Waals surface area contributed by atoms with Crippen LogP contribution in [0.4, 0.5) is 5.69 Å². The zero-order valence-electron chi connectivity index (χ0n) is 15.8. The number of amides is 2. The van der Waals surface area contributed by atoms with E-state index in [0.717, 1.165) is 5.56 Å². The fourth-order valence-electron chi connectivity index (χ4n) is 2.40. The molecule has 5 nitrogen and oxygen atoms in total. The van der Waals surface area contributed by atoms with E-state index in [4.69, 9.17) is 12.2 Å². The van der Waals surface area contributed by atoms with Crippen LogP contribution in [0.2, 0.25) is 0 Å². The van der Waals surface area contributed by atoms with Crippen molar-refractivity contribution < 1.29 is 9.59 Å². The Kier molecular flexibility index (Phi) is 7.07. The molecule has 0 atom stereocenters. The van der Waals surface area contributed by atoms with Gasteiger partial charge in [0, 0.05) is 23.2 Å². The normalized spacial score (nSPS) is 10.8. The Bertz CT molecular complexity index is 814. The number of aryl methyl sites for hydroxylation is 1. The lowest BCUT2D eigenvalue weighted by atomic mass is 10.1. The zero-order valence-corrected chi connectivity index (χ0v) is 16.7. The van der Waals surface area contributed by atoms with Crippen molar-refractivity contribution in [1.82, 2.24) is 10.6 Å². The lowest BCUT2D eigenvalue weighted by Crippen LogP contribution is -2.40. The van der Waals surface area contributed by atoms with Crippen molar-refractivity contribution in [2.24, 2.45) is 0 Å². The number of rotatable bonds is 5. The molecule has 0 fully saturated rings. The molecule has 0 saturated heterocycles. The summed E-state index contributed by atoms with van der Waals surface area (Å²) in [7, 11) is 0. The molecule has 0 bridgehead atoms. The van der Waals surface area contributed by atoms with E-state index in [-0.39, 0.29) is 22.5 Å². The summed E-state index contributed by atoms with van der Waals surface area (Å²) in [5.74, 6) is -0.318. The smallest absolute Gasteiger partial charge is 0.251 e. The average molecular weight is 384 g/mol. The Labute approximate surface area is 165 Å². The van der Waals surface area contributed by atoms with Crippen molar-refractivity contribution in [3.8, 4) is 0 Å². The molecule has 2 rings (SSSR count). The van der Waals surface area contributed by atoms with Crippen LogP contribution in [0.15, 0.2) is 54.6 Å². The van der Waals surface area contributed by atoms with Gasteiger partial charge in [-0.05, 0) is 63.2 Å². The SMILES string of the molecule is CC(C)(C)NC(=O)c1cccc(NC(=S)NC(=O)CCc2ccccc2)c1. The fraction of sp³-hybridized carbons (Fsp3) is 0.286. The van der Waals surface area contributed by atoms with Crippen LogP contribution in [-0.4, -0.2) is 22.5 Å². The Morgan fingerprint density at radius 2 is 1.70 bits per heavy atom. The van der Waals surface area contributed by atoms with E-state index in [2.05, 4.69) is 16.0 Å². The number of thiocarbonyl (C=S) groups is 1. The van der Waals surface area contributed by atoms with Crippen molar-refractivity contribution in [3.63, 3.8) is 0 Å². The van der Waals surface area contributed by atoms with E-state index < -0.39 is 0 Å². The van der Waals surface area contributed by atoms with Gasteiger partial charge in [-0.3, -0.25) is 9.59 Å². The predicted octanol–water partition coefficient (Wildman–Crippen LogP) is 3.66. The van der Waals surface area contributed by atoms with Gasteiger partial charge >= 0.3 is 0 Å². The van der Waals surface area contributed by atoms with E-state index in [0.29, 0.717) is 24.1 Å². The highest BCUT2D eigenvalue weighted by atomic mass is 32.1. The third kappa shape index (κ3) is 7.58. The number of hydrogen-bond donors (Lipinski definition) is 3. The Hall–Kier alpha value is -2.73. The molecular formula is C21H25N3O2S. The van der Waals surface area contributed by atoms with Crippen LogP contribution in [0.5, 0.6) is 0 Å². The van der Waals surface area contributed by atoms with Crippen LogP contribution in [0.25, 0.3) is 0 Å². The maximum absolute atomic E-state index is 12.3. The first-order chi connectivity index (χ1) is 12.7. The highest BCUT2D eigenvalue weighted by Crippen LogP contribution is 2.12. The average Bonchev–Trinajstić information content (AvgIpc) is 2.59. The molecule has 2 amide bonds. The van der Waals surface area contributed by atoms with Crippen molar-refractivity contribution in [2.75, 3.05) is 5.32 Å². The first kappa shape index (κ1) is 20.6. The summed E-state index contributed by atoms with van der Waals surface area (Å²) in [6.07, 6.45) is 0.998. The standard InChI is InChI=1S/C21H25N3O2S/c1-21(2,3)24-19(26)16-10-7-11-17(14-16)22-20(27)23-18(25)13-12-15-8-5-4-6-9-15/h4-11,14H,12-13H2,1-3H3,(H,24,26)(H2,22,23,25,27). The van der Waals surface area contributed by atoms with Gasteiger partial charge in [0.05, 0.1) is 0 Å². The third-order valence-electron chi connectivity index (χ3n) is 3.61. The topological polar surface area (TPSA) is 70.2 Å². The van der Waals surface area contributed by atoms with Crippen molar-refractivity contribution in [2.45, 2.75) is 39.2 Å². The molecule has 3 N–H and O–H groups in total. The molecule has 0 heterocycles. The summed E-state index contributed by atoms with van der Waals surface area (Å²) >= 11 is 5.20. The molecule has 27 heavy (non-hydrogen) atoms. The monoisotopic (exact) mass is 383 g/mol. The first-order valence-corrected chi connectivity index (χ1v) is 9.21. The van der Waals surface area contributed by atoms with Crippen LogP contribution < -0.4 is 16.0 Å². The van der Waals surface area contributed by atoms with E-state index in [1.165, 1.54) is 0 Å². The van der Waals surface area contributed by atoms with Crippen molar-refractivity contribution >= 4 is 34.8 Å². The predicted molar refractivity (Wildman–Crippen MR) is 113 cm³/mol. The molecule has 0 aromatic heterocycles. The van der Waals surface area contributed by atoms with Crippen LogP contribution in [0.1, 0.15) is 43.1 Å². The summed E-state index contributed by atoms with van der Waals surface area (Å²) < 4.78 is 0. The third-order valence-corrected chi connectivity index (χ3v) is 3.81. The van der Waals surface area contributed by atoms with Crippen LogP contribution in [0.3, 0.4) is 0 Å². The Morgan fingerprint density at radius 1 is 1.00 bits per heavy atom. The highest BCUT2D eigenvalue weighted by molar-refractivity contribution is 7.80. The van der Waals surface area contributed by atoms with Gasteiger partial charge in [-0.25, -0.2) is 0 Å². The molecule has 0 aliphatic carbocycles. The Morgan fingerprint density at radius 3 is 2.37 bits per heavy atom. The van der Waals surface area contributed by atoms with Gasteiger partial charge in [-0.2, -0.15) is 0 Å². The van der Waals surface area contributed by atoms with Crippen LogP contribution >= 0.6 is 12.2 Å². The largest absolute Gasteiger partial charge is 0.347 e. The lowest BCUT2D eigenvalue weighted by molar-refractivity contribution is -0.119. The quantitative estimate of drug-likeness (QED) is 0.689. The number of carbonyl (C=O) groups excluding carboxylic acids is 2. The maximum Gasteiger partial charge on any atom is 0.251 e. The van der Waals surface area contributed by atoms with Crippen LogP contribution in [0, 0.1) is 0 Å². The minimum absolute atomic E-state index is 0.155. The summed E-state index contributed by atoms with van der Waals surface area (Å²) in [4.78, 5) is 24.3. The summed E-state index contributed by atoms with van der Waals surface area (Å²) in [6, 6.07) is 16.8. The molecule has 0 unspecified atom stereocenters. The molecule has 0 saturated carbocycles. The summed E-state index contributed by atoms with van der Waals surface area (Å²) in [5.41, 5.74) is 1.95. The lowest BCUT2D eigenvalue weighted by Gasteiger charge is -2.20. The first-order valence-electron chi connectivity index (χ1n) is 8.80. The minimum Gasteiger partial charge on any atom is -0.347 e. The van der Waals surface area contributed by atoms with Gasteiger partial charge in [-0.1, -0.05) is 36.4 Å². The summed E-state index contributed by atoms with van der Waals surface area (Å²) in [5, 5.41) is 8.74. The minimum atomic E-state index is -0.317. The van der Waals surface area contributed by atoms with Crippen molar-refractivity contribution in [1.29, 1.82) is 0 Å². The number of benzene rings is 2. The maximum atomic E-state index is 12.3. The molecule has 6 heteroatoms. The van der Waals surface area contributed by atoms with Gasteiger partial charge in [0.15, 0.2) is 5.11 Å². The van der Waals surface area contributed by atoms with Crippen molar-refractivity contribution in [3.05, 3.63) is 65.7 Å². The van der Waals surface area contributed by atoms with Crippen LogP contribution in [-0.2, 0) is 11.2 Å². The number of anilines is 1. The van der Waals surface area contributed by atoms with E-state index >= 15 is 0 Å². The van der Waals surface area contributed by atoms with E-state index in [1.54, 1.807) is 24.3 Å². The number of hydrogen-bond acceptors (Lipinski definition) is 3. The molecular weight excluding hydrogens is 358 g/mol. The molecule has 0 aliphatic heterocycles. The van der Waals surface area contributed by atoms with Gasteiger partial charge < -0.3 is 16.0 Å². The Balaban J connectivity index is 1.87. The van der Waals surface area contributed by atoms with Gasteiger partial charge in [0.1, 0.15) is 0 Å². The second-order valence-electron chi connectivity index (χ2n) is 7.27. The summed E-state index contributed by atoms with van der Waals surface area (Å²) in [6.45, 7) is 5.77. The molecule has 0 spiro atoms. The number of carbonyl (C=O) groups is 2. The molecule has 142 valence electrons. The molecule has 0 aliphatic rings. The fourth-order valence-corrected chi connectivity index (χ4v) is 2.64. The second-order valence-corrected chi connectivity index (χ2v) is 7.68. The molecule has 0 radical (unpaired) electrons. The highest BCUT2D eigenvalue weighted by Gasteiger charge is 2.15. The van der Waals surface area contributed by atoms with E-state index in [9.17, 15) is 9.59 Å². The van der Waals surface area contributed by atoms with Gasteiger partial charge in [0.25, 0.3) is 5.91 Å². The molecule has 2 aromatic rings. The number of nitrogens with one attached hydrogen (secondary N) is 3. The van der Waals surface area contributed by atoms with Gasteiger partial charge in [0.2, 0.25) is 5.91 Å². The van der Waals surface area contributed by atoms with Gasteiger partial charge in [-0.15, -0.1) is 0 Å². The van der Waals surface area contributed by atoms with E-state index in [1.807, 2.05) is 51.1 Å². The second kappa shape index (κ2) is 9.28. The molecule has 2 aromatic carbocycles.